The van der Waals surface area contributed by atoms with Crippen LogP contribution in [0.15, 0.2) is 54.7 Å². The minimum Gasteiger partial charge on any atom is -0.361 e. The molecule has 132 valence electrons. The molecule has 0 fully saturated rings. The summed E-state index contributed by atoms with van der Waals surface area (Å²) in [5.74, 6) is 0. The van der Waals surface area contributed by atoms with Gasteiger partial charge in [0.1, 0.15) is 6.04 Å². The number of hydrogen-bond acceptors (Lipinski definition) is 1. The van der Waals surface area contributed by atoms with Gasteiger partial charge in [-0.1, -0.05) is 42.5 Å². The Hall–Kier alpha value is -2.12. The molecule has 2 unspecified atom stereocenters. The van der Waals surface area contributed by atoms with E-state index in [0.717, 1.165) is 22.0 Å². The molecule has 0 radical (unpaired) electrons. The smallest absolute Gasteiger partial charge is 0.361 e. The number of nitrogens with one attached hydrogen (secondary N) is 2. The molecule has 3 nitrogen and oxygen atoms in total. The molecule has 0 saturated carbocycles. The number of halogens is 3. The van der Waals surface area contributed by atoms with Gasteiger partial charge in [-0.15, -0.1) is 0 Å². The lowest BCUT2D eigenvalue weighted by Gasteiger charge is -2.20. The fourth-order valence-electron chi connectivity index (χ4n) is 2.81. The quantitative estimate of drug-likeness (QED) is 0.699. The highest BCUT2D eigenvalue weighted by Gasteiger charge is 2.40. The number of H-pyrrole nitrogens is 1. The van der Waals surface area contributed by atoms with E-state index in [1.807, 2.05) is 48.5 Å². The predicted octanol–water partition coefficient (Wildman–Crippen LogP) is 4.19. The molecule has 1 aromatic heterocycles. The van der Waals surface area contributed by atoms with Crippen LogP contribution in [0.1, 0.15) is 5.56 Å². The lowest BCUT2D eigenvalue weighted by molar-refractivity contribution is -0.150. The van der Waals surface area contributed by atoms with Crippen LogP contribution in [0.25, 0.3) is 22.0 Å². The summed E-state index contributed by atoms with van der Waals surface area (Å²) in [6.45, 7) is 0. The number of aromatic amines is 1. The fourth-order valence-corrected chi connectivity index (χ4v) is 3.43. The summed E-state index contributed by atoms with van der Waals surface area (Å²) in [4.78, 5) is 3.04. The molecule has 1 heterocycles. The molecule has 7 heteroatoms. The summed E-state index contributed by atoms with van der Waals surface area (Å²) >= 11 is 0. The van der Waals surface area contributed by atoms with Crippen LogP contribution in [0.4, 0.5) is 13.2 Å². The second-order valence-corrected chi connectivity index (χ2v) is 6.95. The first-order chi connectivity index (χ1) is 11.8. The number of aromatic nitrogens is 1. The van der Waals surface area contributed by atoms with Crippen LogP contribution in [-0.2, 0) is 17.4 Å². The Balaban J connectivity index is 1.92. The third-order valence-corrected chi connectivity index (χ3v) is 4.62. The van der Waals surface area contributed by atoms with Crippen molar-refractivity contribution >= 4 is 21.9 Å². The second kappa shape index (κ2) is 7.01. The molecule has 0 saturated heterocycles. The van der Waals surface area contributed by atoms with Crippen molar-refractivity contribution in [2.24, 2.45) is 0 Å². The van der Waals surface area contributed by atoms with Crippen molar-refractivity contribution in [3.8, 4) is 11.1 Å². The number of fused-ring (bicyclic) bond motifs is 1. The Morgan fingerprint density at radius 3 is 2.48 bits per heavy atom. The first kappa shape index (κ1) is 17.7. The van der Waals surface area contributed by atoms with Crippen molar-refractivity contribution in [1.82, 2.24) is 9.71 Å². The number of alkyl halides is 3. The summed E-state index contributed by atoms with van der Waals surface area (Å²) in [6.07, 6.45) is -1.98. The molecule has 0 aliphatic rings. The largest absolute Gasteiger partial charge is 0.405 e. The number of hydrogen-bond donors (Lipinski definition) is 2. The Morgan fingerprint density at radius 2 is 1.84 bits per heavy atom. The minimum atomic E-state index is -4.47. The van der Waals surface area contributed by atoms with E-state index in [4.69, 9.17) is 0 Å². The maximum atomic E-state index is 13.2. The third-order valence-electron chi connectivity index (χ3n) is 4.00. The summed E-state index contributed by atoms with van der Waals surface area (Å²) in [5.41, 5.74) is 3.34. The van der Waals surface area contributed by atoms with Crippen molar-refractivity contribution in [3.63, 3.8) is 0 Å². The van der Waals surface area contributed by atoms with Crippen LogP contribution in [0, 0.1) is 0 Å². The molecule has 3 rings (SSSR count). The highest BCUT2D eigenvalue weighted by Crippen LogP contribution is 2.29. The van der Waals surface area contributed by atoms with Gasteiger partial charge in [0.25, 0.3) is 0 Å². The van der Waals surface area contributed by atoms with E-state index < -0.39 is 23.2 Å². The van der Waals surface area contributed by atoms with Gasteiger partial charge in [0.2, 0.25) is 0 Å². The number of benzene rings is 2. The molecular weight excluding hydrogens is 349 g/mol. The topological polar surface area (TPSA) is 44.9 Å². The molecule has 2 N–H and O–H groups in total. The zero-order chi connectivity index (χ0) is 18.0. The van der Waals surface area contributed by atoms with Gasteiger partial charge in [-0.3, -0.25) is 0 Å². The van der Waals surface area contributed by atoms with Crippen LogP contribution in [0.5, 0.6) is 0 Å². The van der Waals surface area contributed by atoms with Crippen LogP contribution in [0.3, 0.4) is 0 Å². The monoisotopic (exact) mass is 366 g/mol. The van der Waals surface area contributed by atoms with Gasteiger partial charge in [0.05, 0.1) is 11.0 Å². The van der Waals surface area contributed by atoms with Crippen molar-refractivity contribution in [2.45, 2.75) is 18.6 Å². The minimum absolute atomic E-state index is 0.284. The van der Waals surface area contributed by atoms with Crippen molar-refractivity contribution in [2.75, 3.05) is 6.26 Å². The third kappa shape index (κ3) is 4.11. The van der Waals surface area contributed by atoms with Crippen molar-refractivity contribution in [1.29, 1.82) is 0 Å². The van der Waals surface area contributed by atoms with E-state index in [1.54, 1.807) is 6.20 Å². The maximum absolute atomic E-state index is 13.2. The second-order valence-electron chi connectivity index (χ2n) is 5.81. The van der Waals surface area contributed by atoms with Gasteiger partial charge in [-0.05, 0) is 29.2 Å². The maximum Gasteiger partial charge on any atom is 0.405 e. The Labute approximate surface area is 145 Å². The highest BCUT2D eigenvalue weighted by atomic mass is 32.2. The van der Waals surface area contributed by atoms with Gasteiger partial charge in [-0.25, -0.2) is 8.93 Å². The van der Waals surface area contributed by atoms with Gasteiger partial charge in [-0.2, -0.15) is 13.2 Å². The SMILES string of the molecule is CS(=O)NC(Cc1c[nH]c2cc(-c3ccccc3)ccc12)C(F)(F)F. The van der Waals surface area contributed by atoms with E-state index >= 15 is 0 Å². The molecule has 2 aromatic carbocycles. The summed E-state index contributed by atoms with van der Waals surface area (Å²) in [6, 6.07) is 13.5. The van der Waals surface area contributed by atoms with E-state index in [1.165, 1.54) is 6.26 Å². The molecule has 25 heavy (non-hydrogen) atoms. The predicted molar refractivity (Wildman–Crippen MR) is 94.5 cm³/mol. The molecule has 0 aliphatic carbocycles. The standard InChI is InChI=1S/C18H17F3N2OS/c1-25(24)23-17(18(19,20)21)10-14-11-22-16-9-13(7-8-15(14)16)12-5-3-2-4-6-12/h2-9,11,17,22-23H,10H2,1H3. The molecule has 0 spiro atoms. The van der Waals surface area contributed by atoms with Gasteiger partial charge in [0, 0.05) is 23.4 Å². The Bertz CT molecular complexity index is 890. The highest BCUT2D eigenvalue weighted by molar-refractivity contribution is 7.82. The summed E-state index contributed by atoms with van der Waals surface area (Å²) in [7, 11) is -1.75. The van der Waals surface area contributed by atoms with Crippen LogP contribution < -0.4 is 4.72 Å². The molecule has 2 atom stereocenters. The summed E-state index contributed by atoms with van der Waals surface area (Å²) < 4.78 is 52.7. The molecular formula is C18H17F3N2OS. The normalized spacial score (nSPS) is 14.6. The zero-order valence-corrected chi connectivity index (χ0v) is 14.2. The first-order valence-electron chi connectivity index (χ1n) is 7.66. The van der Waals surface area contributed by atoms with Gasteiger partial charge < -0.3 is 4.98 Å². The first-order valence-corrected chi connectivity index (χ1v) is 9.22. The molecule has 0 aliphatic heterocycles. The van der Waals surface area contributed by atoms with Crippen LogP contribution in [-0.4, -0.2) is 27.7 Å². The lowest BCUT2D eigenvalue weighted by Crippen LogP contribution is -2.44. The van der Waals surface area contributed by atoms with E-state index in [-0.39, 0.29) is 6.42 Å². The van der Waals surface area contributed by atoms with Crippen LogP contribution >= 0.6 is 0 Å². The lowest BCUT2D eigenvalue weighted by atomic mass is 10.0. The molecule has 0 bridgehead atoms. The van der Waals surface area contributed by atoms with E-state index in [0.29, 0.717) is 5.56 Å². The van der Waals surface area contributed by atoms with Crippen LogP contribution in [0.2, 0.25) is 0 Å². The number of rotatable bonds is 5. The van der Waals surface area contributed by atoms with Crippen molar-refractivity contribution < 1.29 is 17.4 Å². The van der Waals surface area contributed by atoms with E-state index in [9.17, 15) is 17.4 Å². The molecule has 0 amide bonds. The van der Waals surface area contributed by atoms with Gasteiger partial charge in [0.15, 0.2) is 0 Å². The summed E-state index contributed by atoms with van der Waals surface area (Å²) in [5, 5.41) is 0.734. The zero-order valence-electron chi connectivity index (χ0n) is 13.4. The van der Waals surface area contributed by atoms with Gasteiger partial charge >= 0.3 is 6.18 Å². The fraction of sp³-hybridized carbons (Fsp3) is 0.222. The Kier molecular flexibility index (Phi) is 4.96. The van der Waals surface area contributed by atoms with Crippen molar-refractivity contribution in [3.05, 3.63) is 60.3 Å². The van der Waals surface area contributed by atoms with E-state index in [2.05, 4.69) is 9.71 Å². The average Bonchev–Trinajstić information content (AvgIpc) is 2.96. The molecule has 3 aromatic rings. The Morgan fingerprint density at radius 1 is 1.12 bits per heavy atom. The average molecular weight is 366 g/mol.